The van der Waals surface area contributed by atoms with E-state index < -0.39 is 0 Å². The monoisotopic (exact) mass is 301 g/mol. The zero-order valence-corrected chi connectivity index (χ0v) is 13.4. The molecule has 2 aromatic rings. The quantitative estimate of drug-likeness (QED) is 0.860. The molecule has 1 N–H and O–H groups in total. The van der Waals surface area contributed by atoms with Gasteiger partial charge in [-0.15, -0.1) is 0 Å². The first kappa shape index (κ1) is 15.6. The number of carbonyl (C=O) groups excluding carboxylic acids is 1. The van der Waals surface area contributed by atoms with Crippen LogP contribution in [-0.2, 0) is 11.2 Å². The summed E-state index contributed by atoms with van der Waals surface area (Å²) in [5.41, 5.74) is 5.30. The highest BCUT2D eigenvalue weighted by atomic mass is 35.5. The number of halogens is 1. The first-order valence-corrected chi connectivity index (χ1v) is 7.45. The molecule has 21 heavy (non-hydrogen) atoms. The average molecular weight is 302 g/mol. The molecule has 3 heteroatoms. The number of anilines is 1. The topological polar surface area (TPSA) is 29.1 Å². The van der Waals surface area contributed by atoms with Gasteiger partial charge in [-0.2, -0.15) is 0 Å². The number of carbonyl (C=O) groups is 1. The molecule has 0 aliphatic carbocycles. The molecule has 0 spiro atoms. The molecule has 0 fully saturated rings. The molecule has 0 unspecified atom stereocenters. The maximum absolute atomic E-state index is 12.0. The van der Waals surface area contributed by atoms with Crippen molar-refractivity contribution in [3.05, 3.63) is 63.7 Å². The molecule has 2 rings (SSSR count). The molecule has 0 saturated heterocycles. The summed E-state index contributed by atoms with van der Waals surface area (Å²) < 4.78 is 0. The van der Waals surface area contributed by atoms with Crippen LogP contribution in [0.3, 0.4) is 0 Å². The van der Waals surface area contributed by atoms with Crippen LogP contribution in [0.4, 0.5) is 5.69 Å². The van der Waals surface area contributed by atoms with E-state index in [0.717, 1.165) is 27.4 Å². The number of hydrogen-bond donors (Lipinski definition) is 1. The summed E-state index contributed by atoms with van der Waals surface area (Å²) in [6, 6.07) is 12.0. The molecule has 0 aliphatic heterocycles. The van der Waals surface area contributed by atoms with Gasteiger partial charge >= 0.3 is 0 Å². The lowest BCUT2D eigenvalue weighted by Crippen LogP contribution is -2.13. The van der Waals surface area contributed by atoms with Crippen molar-refractivity contribution in [2.45, 2.75) is 33.6 Å². The standard InChI is InChI=1S/C18H20ClNO/c1-12-4-8-17(14(3)10-12)20-18(21)9-7-15-6-5-13(2)16(19)11-15/h4-6,8,10-11H,7,9H2,1-3H3,(H,20,21). The fraction of sp³-hybridized carbons (Fsp3) is 0.278. The molecular weight excluding hydrogens is 282 g/mol. The van der Waals surface area contributed by atoms with Gasteiger partial charge in [0.05, 0.1) is 0 Å². The Hall–Kier alpha value is -1.80. The van der Waals surface area contributed by atoms with Crippen LogP contribution in [0.15, 0.2) is 36.4 Å². The summed E-state index contributed by atoms with van der Waals surface area (Å²) >= 11 is 6.09. The summed E-state index contributed by atoms with van der Waals surface area (Å²) in [5.74, 6) is 0.0265. The van der Waals surface area contributed by atoms with Gasteiger partial charge in [0.2, 0.25) is 5.91 Å². The summed E-state index contributed by atoms with van der Waals surface area (Å²) in [7, 11) is 0. The molecule has 2 nitrogen and oxygen atoms in total. The molecule has 0 aliphatic rings. The zero-order valence-electron chi connectivity index (χ0n) is 12.7. The molecular formula is C18H20ClNO. The third kappa shape index (κ3) is 4.33. The molecule has 0 saturated carbocycles. The molecule has 0 heterocycles. The van der Waals surface area contributed by atoms with Crippen LogP contribution >= 0.6 is 11.6 Å². The van der Waals surface area contributed by atoms with Gasteiger partial charge in [-0.1, -0.05) is 41.4 Å². The van der Waals surface area contributed by atoms with Gasteiger partial charge in [-0.05, 0) is 56.0 Å². The Morgan fingerprint density at radius 2 is 1.81 bits per heavy atom. The largest absolute Gasteiger partial charge is 0.326 e. The molecule has 0 radical (unpaired) electrons. The molecule has 0 aromatic heterocycles. The third-order valence-corrected chi connectivity index (χ3v) is 3.94. The van der Waals surface area contributed by atoms with Gasteiger partial charge in [0.1, 0.15) is 0 Å². The van der Waals surface area contributed by atoms with Gasteiger partial charge in [0, 0.05) is 17.1 Å². The minimum Gasteiger partial charge on any atom is -0.326 e. The van der Waals surface area contributed by atoms with Crippen molar-refractivity contribution >= 4 is 23.2 Å². The Morgan fingerprint density at radius 1 is 1.05 bits per heavy atom. The number of benzene rings is 2. The van der Waals surface area contributed by atoms with E-state index in [1.54, 1.807) is 0 Å². The van der Waals surface area contributed by atoms with Crippen molar-refractivity contribution in [2.75, 3.05) is 5.32 Å². The zero-order chi connectivity index (χ0) is 15.4. The second kappa shape index (κ2) is 6.77. The van der Waals surface area contributed by atoms with Gasteiger partial charge in [0.25, 0.3) is 0 Å². The number of hydrogen-bond acceptors (Lipinski definition) is 1. The Kier molecular flexibility index (Phi) is 5.03. The Labute approximate surface area is 131 Å². The van der Waals surface area contributed by atoms with Gasteiger partial charge < -0.3 is 5.32 Å². The van der Waals surface area contributed by atoms with Crippen molar-refractivity contribution < 1.29 is 4.79 Å². The number of aryl methyl sites for hydroxylation is 4. The van der Waals surface area contributed by atoms with Crippen molar-refractivity contribution in [3.63, 3.8) is 0 Å². The Balaban J connectivity index is 1.94. The maximum Gasteiger partial charge on any atom is 0.224 e. The van der Waals surface area contributed by atoms with E-state index in [9.17, 15) is 4.79 Å². The minimum atomic E-state index is 0.0265. The van der Waals surface area contributed by atoms with E-state index in [1.165, 1.54) is 5.56 Å². The summed E-state index contributed by atoms with van der Waals surface area (Å²) in [5, 5.41) is 3.71. The average Bonchev–Trinajstić information content (AvgIpc) is 2.43. The van der Waals surface area contributed by atoms with Crippen molar-refractivity contribution in [3.8, 4) is 0 Å². The van der Waals surface area contributed by atoms with Crippen LogP contribution in [0.25, 0.3) is 0 Å². The van der Waals surface area contributed by atoms with Gasteiger partial charge in [-0.25, -0.2) is 0 Å². The molecule has 0 bridgehead atoms. The lowest BCUT2D eigenvalue weighted by Gasteiger charge is -2.09. The minimum absolute atomic E-state index is 0.0265. The fourth-order valence-electron chi connectivity index (χ4n) is 2.22. The highest BCUT2D eigenvalue weighted by molar-refractivity contribution is 6.31. The first-order valence-electron chi connectivity index (χ1n) is 7.08. The summed E-state index contributed by atoms with van der Waals surface area (Å²) in [6.07, 6.45) is 1.14. The van der Waals surface area contributed by atoms with Crippen LogP contribution in [0.2, 0.25) is 5.02 Å². The predicted octanol–water partition coefficient (Wildman–Crippen LogP) is 4.84. The fourth-order valence-corrected chi connectivity index (χ4v) is 2.42. The smallest absolute Gasteiger partial charge is 0.224 e. The number of nitrogens with one attached hydrogen (secondary N) is 1. The van der Waals surface area contributed by atoms with E-state index in [1.807, 2.05) is 51.1 Å². The van der Waals surface area contributed by atoms with Crippen LogP contribution in [0.5, 0.6) is 0 Å². The molecule has 110 valence electrons. The normalized spacial score (nSPS) is 10.5. The van der Waals surface area contributed by atoms with Gasteiger partial charge in [0.15, 0.2) is 0 Å². The van der Waals surface area contributed by atoms with E-state index in [2.05, 4.69) is 11.4 Å². The third-order valence-electron chi connectivity index (χ3n) is 3.53. The van der Waals surface area contributed by atoms with E-state index in [0.29, 0.717) is 12.8 Å². The second-order valence-electron chi connectivity index (χ2n) is 5.45. The van der Waals surface area contributed by atoms with Crippen LogP contribution in [0.1, 0.15) is 28.7 Å². The van der Waals surface area contributed by atoms with Crippen molar-refractivity contribution in [1.82, 2.24) is 0 Å². The lowest BCUT2D eigenvalue weighted by atomic mass is 10.1. The number of rotatable bonds is 4. The SMILES string of the molecule is Cc1ccc(NC(=O)CCc2ccc(C)c(Cl)c2)c(C)c1. The molecule has 0 atom stereocenters. The predicted molar refractivity (Wildman–Crippen MR) is 89.1 cm³/mol. The highest BCUT2D eigenvalue weighted by Gasteiger charge is 2.06. The van der Waals surface area contributed by atoms with Gasteiger partial charge in [-0.3, -0.25) is 4.79 Å². The molecule has 1 amide bonds. The molecule has 2 aromatic carbocycles. The maximum atomic E-state index is 12.0. The van der Waals surface area contributed by atoms with Crippen molar-refractivity contribution in [1.29, 1.82) is 0 Å². The van der Waals surface area contributed by atoms with E-state index >= 15 is 0 Å². The first-order chi connectivity index (χ1) is 9.95. The van der Waals surface area contributed by atoms with E-state index in [-0.39, 0.29) is 5.91 Å². The van der Waals surface area contributed by atoms with Crippen LogP contribution < -0.4 is 5.32 Å². The Bertz CT molecular complexity index is 664. The highest BCUT2D eigenvalue weighted by Crippen LogP contribution is 2.19. The van der Waals surface area contributed by atoms with Crippen molar-refractivity contribution in [2.24, 2.45) is 0 Å². The van der Waals surface area contributed by atoms with E-state index in [4.69, 9.17) is 11.6 Å². The van der Waals surface area contributed by atoms with Crippen LogP contribution in [0, 0.1) is 20.8 Å². The summed E-state index contributed by atoms with van der Waals surface area (Å²) in [6.45, 7) is 6.01. The summed E-state index contributed by atoms with van der Waals surface area (Å²) in [4.78, 5) is 12.0. The second-order valence-corrected chi connectivity index (χ2v) is 5.86. The van der Waals surface area contributed by atoms with Crippen LogP contribution in [-0.4, -0.2) is 5.91 Å². The number of amides is 1. The Morgan fingerprint density at radius 3 is 2.48 bits per heavy atom. The lowest BCUT2D eigenvalue weighted by molar-refractivity contribution is -0.116.